The number of amides is 2. The van der Waals surface area contributed by atoms with Crippen molar-refractivity contribution < 1.29 is 48.0 Å². The fourth-order valence-electron chi connectivity index (χ4n) is 3.18. The highest BCUT2D eigenvalue weighted by atomic mass is 16.6. The Kier molecular flexibility index (Phi) is 12.6. The summed E-state index contributed by atoms with van der Waals surface area (Å²) in [5.41, 5.74) is 0. The lowest BCUT2D eigenvalue weighted by molar-refractivity contribution is -0.392. The van der Waals surface area contributed by atoms with Gasteiger partial charge in [-0.3, -0.25) is 25.6 Å². The monoisotopic (exact) mass is 597 g/mol. The molecule has 0 bridgehead atoms. The molecule has 0 aromatic carbocycles. The Labute approximate surface area is 235 Å². The van der Waals surface area contributed by atoms with E-state index in [1.54, 1.807) is 13.8 Å². The summed E-state index contributed by atoms with van der Waals surface area (Å²) in [6.45, 7) is 0.0654. The van der Waals surface area contributed by atoms with Crippen molar-refractivity contribution in [3.63, 3.8) is 0 Å². The highest BCUT2D eigenvalue weighted by Crippen LogP contribution is 2.14. The smallest absolute Gasteiger partial charge is 0.342 e. The van der Waals surface area contributed by atoms with Crippen LogP contribution in [0.1, 0.15) is 11.6 Å². The van der Waals surface area contributed by atoms with Crippen molar-refractivity contribution in [1.82, 2.24) is 29.7 Å². The van der Waals surface area contributed by atoms with E-state index < -0.39 is 66.0 Å². The van der Waals surface area contributed by atoms with Crippen LogP contribution in [0.3, 0.4) is 0 Å². The maximum absolute atomic E-state index is 11.8. The molecule has 0 atom stereocenters. The van der Waals surface area contributed by atoms with E-state index in [1.165, 1.54) is 9.13 Å². The molecule has 21 nitrogen and oxygen atoms in total. The SMILES string of the molecule is Cc1ncc([N+](=O)[O-])n1CCOC(=O)COCC(=O)NC(=N)NC(=O)COCC(=O)OCCn1c([N+](=O)[O-])cnc1C. The molecule has 2 aromatic heterocycles. The second kappa shape index (κ2) is 16.1. The Morgan fingerprint density at radius 3 is 1.52 bits per heavy atom. The predicted octanol–water partition coefficient (Wildman–Crippen LogP) is -1.50. The minimum Gasteiger partial charge on any atom is -0.460 e. The number of carbonyl (C=O) groups is 4. The number of nitrogens with one attached hydrogen (secondary N) is 3. The van der Waals surface area contributed by atoms with Crippen molar-refractivity contribution in [2.75, 3.05) is 39.6 Å². The maximum Gasteiger partial charge on any atom is 0.342 e. The van der Waals surface area contributed by atoms with E-state index in [9.17, 15) is 39.4 Å². The number of nitrogens with zero attached hydrogens (tertiary/aromatic N) is 6. The lowest BCUT2D eigenvalue weighted by atomic mass is 10.5. The highest BCUT2D eigenvalue weighted by molar-refractivity contribution is 6.03. The van der Waals surface area contributed by atoms with E-state index in [2.05, 4.69) is 9.97 Å². The molecule has 0 spiro atoms. The van der Waals surface area contributed by atoms with Gasteiger partial charge in [0.2, 0.25) is 5.96 Å². The molecule has 0 fully saturated rings. The molecule has 0 aliphatic rings. The van der Waals surface area contributed by atoms with E-state index in [4.69, 9.17) is 24.4 Å². The molecule has 0 aliphatic heterocycles. The number of hydrogen-bond acceptors (Lipinski definition) is 15. The lowest BCUT2D eigenvalue weighted by Crippen LogP contribution is -2.45. The van der Waals surface area contributed by atoms with Crippen molar-refractivity contribution in [3.8, 4) is 0 Å². The molecular formula is C21H27N9O12. The summed E-state index contributed by atoms with van der Waals surface area (Å²) >= 11 is 0. The van der Waals surface area contributed by atoms with Gasteiger partial charge in [-0.05, 0) is 9.85 Å². The lowest BCUT2D eigenvalue weighted by Gasteiger charge is -2.09. The molecule has 2 heterocycles. The third-order valence-corrected chi connectivity index (χ3v) is 5.03. The van der Waals surface area contributed by atoms with Gasteiger partial charge in [0.1, 0.15) is 65.1 Å². The van der Waals surface area contributed by atoms with Gasteiger partial charge < -0.3 is 39.2 Å². The number of guanidine groups is 1. The Morgan fingerprint density at radius 1 is 0.786 bits per heavy atom. The summed E-state index contributed by atoms with van der Waals surface area (Å²) in [6, 6.07) is 0. The minimum atomic E-state index is -0.879. The summed E-state index contributed by atoms with van der Waals surface area (Å²) in [6.07, 6.45) is 2.16. The maximum atomic E-state index is 11.8. The van der Waals surface area contributed by atoms with Gasteiger partial charge in [-0.2, -0.15) is 0 Å². The van der Waals surface area contributed by atoms with Crippen LogP contribution in [-0.4, -0.2) is 98.3 Å². The van der Waals surface area contributed by atoms with Gasteiger partial charge in [0, 0.05) is 13.8 Å². The topological polar surface area (TPSA) is 275 Å². The third-order valence-electron chi connectivity index (χ3n) is 5.03. The summed E-state index contributed by atoms with van der Waals surface area (Å²) in [7, 11) is 0. The van der Waals surface area contributed by atoms with Gasteiger partial charge in [-0.25, -0.2) is 28.7 Å². The van der Waals surface area contributed by atoms with Crippen LogP contribution >= 0.6 is 0 Å². The molecule has 2 rings (SSSR count). The van der Waals surface area contributed by atoms with Gasteiger partial charge in [0.25, 0.3) is 11.8 Å². The number of rotatable bonds is 16. The van der Waals surface area contributed by atoms with Crippen molar-refractivity contribution in [2.45, 2.75) is 26.9 Å². The standard InChI is InChI=1S/C21H27N9O12/c1-13-23-7-17(29(35)36)27(13)3-5-41-19(33)11-39-9-15(31)25-21(22)26-16(32)10-40-12-20(34)42-6-4-28-14(2)24-8-18(28)30(37)38/h7-8H,3-6,9-12H2,1-2H3,(H3,22,25,26,31,32). The minimum absolute atomic E-state index is 0.0189. The summed E-state index contributed by atoms with van der Waals surface area (Å²) in [4.78, 5) is 75.3. The van der Waals surface area contributed by atoms with E-state index in [1.807, 2.05) is 10.6 Å². The van der Waals surface area contributed by atoms with Crippen LogP contribution in [0, 0.1) is 39.5 Å². The van der Waals surface area contributed by atoms with Crippen LogP contribution in [0.25, 0.3) is 0 Å². The summed E-state index contributed by atoms with van der Waals surface area (Å²) < 4.78 is 22.0. The number of aromatic nitrogens is 4. The first kappa shape index (κ1) is 32.9. The average Bonchev–Trinajstić information content (AvgIpc) is 3.46. The summed E-state index contributed by atoms with van der Waals surface area (Å²) in [5.74, 6) is -3.98. The van der Waals surface area contributed by atoms with Gasteiger partial charge in [-0.1, -0.05) is 0 Å². The Bertz CT molecular complexity index is 1240. The van der Waals surface area contributed by atoms with Crippen LogP contribution in [-0.2, 0) is 51.2 Å². The molecular weight excluding hydrogens is 570 g/mol. The molecule has 228 valence electrons. The van der Waals surface area contributed by atoms with Crippen LogP contribution in [0.2, 0.25) is 0 Å². The van der Waals surface area contributed by atoms with Crippen molar-refractivity contribution in [1.29, 1.82) is 5.41 Å². The second-order valence-corrected chi connectivity index (χ2v) is 8.04. The Morgan fingerprint density at radius 2 is 1.17 bits per heavy atom. The normalized spacial score (nSPS) is 10.5. The van der Waals surface area contributed by atoms with Gasteiger partial charge in [-0.15, -0.1) is 0 Å². The van der Waals surface area contributed by atoms with Gasteiger partial charge in [0.15, 0.2) is 11.6 Å². The number of ether oxygens (including phenoxy) is 4. The first-order chi connectivity index (χ1) is 19.9. The number of imidazole rings is 2. The molecule has 3 N–H and O–H groups in total. The summed E-state index contributed by atoms with van der Waals surface area (Å²) in [5, 5.41) is 33.4. The molecule has 0 saturated carbocycles. The Balaban J connectivity index is 1.55. The van der Waals surface area contributed by atoms with Crippen LogP contribution in [0.15, 0.2) is 12.4 Å². The first-order valence-corrected chi connectivity index (χ1v) is 11.9. The molecule has 0 radical (unpaired) electrons. The predicted molar refractivity (Wildman–Crippen MR) is 135 cm³/mol. The van der Waals surface area contributed by atoms with Gasteiger partial charge in [0.05, 0.1) is 0 Å². The second-order valence-electron chi connectivity index (χ2n) is 8.04. The third kappa shape index (κ3) is 10.7. The van der Waals surface area contributed by atoms with Crippen molar-refractivity contribution >= 4 is 41.3 Å². The number of hydrogen-bond donors (Lipinski definition) is 3. The molecule has 0 aliphatic carbocycles. The number of nitro groups is 2. The largest absolute Gasteiger partial charge is 0.460 e. The zero-order valence-electron chi connectivity index (χ0n) is 22.4. The van der Waals surface area contributed by atoms with E-state index in [0.717, 1.165) is 12.4 Å². The molecule has 0 unspecified atom stereocenters. The quantitative estimate of drug-likeness (QED) is 0.0653. The number of esters is 2. The zero-order valence-corrected chi connectivity index (χ0v) is 22.4. The molecule has 42 heavy (non-hydrogen) atoms. The van der Waals surface area contributed by atoms with Crippen molar-refractivity contribution in [3.05, 3.63) is 44.3 Å². The molecule has 21 heteroatoms. The molecule has 0 saturated heterocycles. The van der Waals surface area contributed by atoms with E-state index in [0.29, 0.717) is 11.6 Å². The van der Waals surface area contributed by atoms with Crippen molar-refractivity contribution in [2.24, 2.45) is 0 Å². The van der Waals surface area contributed by atoms with E-state index >= 15 is 0 Å². The Hall–Kier alpha value is -5.31. The van der Waals surface area contributed by atoms with Crippen LogP contribution in [0.4, 0.5) is 11.6 Å². The van der Waals surface area contributed by atoms with E-state index in [-0.39, 0.29) is 37.9 Å². The first-order valence-electron chi connectivity index (χ1n) is 11.9. The van der Waals surface area contributed by atoms with Crippen LogP contribution < -0.4 is 10.6 Å². The molecule has 2 aromatic rings. The fraction of sp³-hybridized carbons (Fsp3) is 0.476. The zero-order chi connectivity index (χ0) is 31.2. The number of carbonyl (C=O) groups excluding carboxylic acids is 4. The fourth-order valence-corrected chi connectivity index (χ4v) is 3.18. The molecule has 2 amide bonds. The average molecular weight is 597 g/mol. The number of aryl methyl sites for hydroxylation is 2. The highest BCUT2D eigenvalue weighted by Gasteiger charge is 2.19. The van der Waals surface area contributed by atoms with Gasteiger partial charge >= 0.3 is 23.6 Å². The van der Waals surface area contributed by atoms with Crippen LogP contribution in [0.5, 0.6) is 0 Å².